The molecule has 0 N–H and O–H groups in total. The zero-order valence-electron chi connectivity index (χ0n) is 8.23. The summed E-state index contributed by atoms with van der Waals surface area (Å²) in [7, 11) is 0. The Bertz CT molecular complexity index is 310. The number of hydrogen-bond donors (Lipinski definition) is 0. The van der Waals surface area contributed by atoms with Crippen molar-refractivity contribution in [2.24, 2.45) is 5.92 Å². The van der Waals surface area contributed by atoms with Crippen LogP contribution in [0, 0.1) is 17.6 Å². The zero-order chi connectivity index (χ0) is 10.7. The Balaban J connectivity index is 2.80. The normalized spacial score (nSPS) is 15.2. The van der Waals surface area contributed by atoms with E-state index >= 15 is 0 Å². The predicted molar refractivity (Wildman–Crippen MR) is 54.5 cm³/mol. The van der Waals surface area contributed by atoms with Crippen LogP contribution in [0.5, 0.6) is 0 Å². The van der Waals surface area contributed by atoms with Crippen molar-refractivity contribution in [3.63, 3.8) is 0 Å². The van der Waals surface area contributed by atoms with E-state index in [9.17, 15) is 8.78 Å². The van der Waals surface area contributed by atoms with Gasteiger partial charge in [-0.25, -0.2) is 8.78 Å². The molecule has 0 fully saturated rings. The maximum Gasteiger partial charge on any atom is 0.126 e. The van der Waals surface area contributed by atoms with Crippen molar-refractivity contribution >= 4 is 11.6 Å². The molecule has 14 heavy (non-hydrogen) atoms. The monoisotopic (exact) mass is 218 g/mol. The van der Waals surface area contributed by atoms with Crippen LogP contribution in [0.3, 0.4) is 0 Å². The highest BCUT2D eigenvalue weighted by Gasteiger charge is 2.13. The summed E-state index contributed by atoms with van der Waals surface area (Å²) in [6.45, 7) is 3.77. The van der Waals surface area contributed by atoms with Gasteiger partial charge in [0.2, 0.25) is 0 Å². The fraction of sp³-hybridized carbons (Fsp3) is 0.455. The molecule has 0 aliphatic heterocycles. The lowest BCUT2D eigenvalue weighted by Crippen LogP contribution is -2.11. The lowest BCUT2D eigenvalue weighted by Gasteiger charge is -2.13. The summed E-state index contributed by atoms with van der Waals surface area (Å²) in [6.07, 6.45) is 0.467. The van der Waals surface area contributed by atoms with Crippen LogP contribution in [-0.2, 0) is 6.42 Å². The number of rotatable bonds is 3. The van der Waals surface area contributed by atoms with Gasteiger partial charge in [-0.1, -0.05) is 6.92 Å². The molecule has 0 amide bonds. The molecule has 3 heteroatoms. The molecular weight excluding hydrogens is 206 g/mol. The topological polar surface area (TPSA) is 0 Å². The van der Waals surface area contributed by atoms with Crippen molar-refractivity contribution in [1.29, 1.82) is 0 Å². The Morgan fingerprint density at radius 1 is 1.29 bits per heavy atom. The fourth-order valence-electron chi connectivity index (χ4n) is 1.21. The van der Waals surface area contributed by atoms with Crippen LogP contribution in [0.25, 0.3) is 0 Å². The number of benzene rings is 1. The van der Waals surface area contributed by atoms with Gasteiger partial charge in [0, 0.05) is 5.38 Å². The Kier molecular flexibility index (Phi) is 3.87. The van der Waals surface area contributed by atoms with E-state index in [1.54, 1.807) is 0 Å². The Labute approximate surface area is 87.9 Å². The first-order valence-electron chi connectivity index (χ1n) is 4.58. The predicted octanol–water partition coefficient (Wildman–Crippen LogP) is 3.77. The summed E-state index contributed by atoms with van der Waals surface area (Å²) in [5, 5.41) is -0.0438. The van der Waals surface area contributed by atoms with Gasteiger partial charge < -0.3 is 0 Å². The van der Waals surface area contributed by atoms with Crippen LogP contribution >= 0.6 is 11.6 Å². The molecule has 1 aromatic carbocycles. The third kappa shape index (κ3) is 2.95. The molecule has 0 heterocycles. The molecule has 78 valence electrons. The molecule has 2 unspecified atom stereocenters. The number of alkyl halides is 1. The molecule has 0 aromatic heterocycles. The molecule has 0 aliphatic carbocycles. The fourth-order valence-corrected chi connectivity index (χ4v) is 1.30. The quantitative estimate of drug-likeness (QED) is 0.678. The van der Waals surface area contributed by atoms with Crippen molar-refractivity contribution in [2.45, 2.75) is 25.6 Å². The van der Waals surface area contributed by atoms with Crippen molar-refractivity contribution in [1.82, 2.24) is 0 Å². The van der Waals surface area contributed by atoms with Crippen LogP contribution in [0.2, 0.25) is 0 Å². The molecule has 1 aromatic rings. The van der Waals surface area contributed by atoms with Gasteiger partial charge in [-0.15, -0.1) is 11.6 Å². The third-order valence-corrected chi connectivity index (χ3v) is 2.76. The highest BCUT2D eigenvalue weighted by atomic mass is 35.5. The molecule has 2 atom stereocenters. The lowest BCUT2D eigenvalue weighted by atomic mass is 9.98. The molecule has 0 saturated carbocycles. The van der Waals surface area contributed by atoms with Gasteiger partial charge in [0.05, 0.1) is 0 Å². The van der Waals surface area contributed by atoms with Gasteiger partial charge in [0.15, 0.2) is 0 Å². The van der Waals surface area contributed by atoms with Crippen molar-refractivity contribution in [3.05, 3.63) is 35.4 Å². The average Bonchev–Trinajstić information content (AvgIpc) is 2.11. The number of halogens is 3. The van der Waals surface area contributed by atoms with Crippen molar-refractivity contribution in [2.75, 3.05) is 0 Å². The van der Waals surface area contributed by atoms with Crippen LogP contribution in [0.4, 0.5) is 8.78 Å². The van der Waals surface area contributed by atoms with E-state index in [1.807, 2.05) is 13.8 Å². The smallest absolute Gasteiger partial charge is 0.126 e. The second kappa shape index (κ2) is 4.74. The third-order valence-electron chi connectivity index (χ3n) is 2.33. The summed E-state index contributed by atoms with van der Waals surface area (Å²) >= 11 is 5.85. The van der Waals surface area contributed by atoms with Crippen LogP contribution in [0.1, 0.15) is 19.4 Å². The maximum atomic E-state index is 13.2. The lowest BCUT2D eigenvalue weighted by molar-refractivity contribution is 0.528. The Morgan fingerprint density at radius 2 is 1.93 bits per heavy atom. The molecule has 0 radical (unpaired) electrons. The molecule has 1 rings (SSSR count). The van der Waals surface area contributed by atoms with Gasteiger partial charge in [0.25, 0.3) is 0 Å². The molecule has 0 bridgehead atoms. The van der Waals surface area contributed by atoms with Gasteiger partial charge >= 0.3 is 0 Å². The van der Waals surface area contributed by atoms with Gasteiger partial charge in [-0.2, -0.15) is 0 Å². The van der Waals surface area contributed by atoms with Crippen molar-refractivity contribution < 1.29 is 8.78 Å². The molecular formula is C11H13ClF2. The van der Waals surface area contributed by atoms with Gasteiger partial charge in [0.1, 0.15) is 11.6 Å². The minimum Gasteiger partial charge on any atom is -0.207 e. The SMILES string of the molecule is CC(Cl)C(C)Cc1cc(F)ccc1F. The summed E-state index contributed by atoms with van der Waals surface area (Å²) < 4.78 is 26.0. The Hall–Kier alpha value is -0.630. The second-order valence-electron chi connectivity index (χ2n) is 3.59. The second-order valence-corrected chi connectivity index (χ2v) is 4.28. The van der Waals surface area contributed by atoms with Gasteiger partial charge in [-0.05, 0) is 43.0 Å². The number of hydrogen-bond acceptors (Lipinski definition) is 0. The summed E-state index contributed by atoms with van der Waals surface area (Å²) in [6, 6.07) is 3.50. The summed E-state index contributed by atoms with van der Waals surface area (Å²) in [5.74, 6) is -0.639. The first kappa shape index (κ1) is 11.4. The van der Waals surface area contributed by atoms with E-state index in [4.69, 9.17) is 11.6 Å². The van der Waals surface area contributed by atoms with E-state index < -0.39 is 5.82 Å². The van der Waals surface area contributed by atoms with Crippen LogP contribution in [-0.4, -0.2) is 5.38 Å². The summed E-state index contributed by atoms with van der Waals surface area (Å²) in [4.78, 5) is 0. The molecule has 0 aliphatic rings. The van der Waals surface area contributed by atoms with Crippen molar-refractivity contribution in [3.8, 4) is 0 Å². The zero-order valence-corrected chi connectivity index (χ0v) is 8.98. The van der Waals surface area contributed by atoms with E-state index in [1.165, 1.54) is 6.07 Å². The summed E-state index contributed by atoms with van der Waals surface area (Å²) in [5.41, 5.74) is 0.394. The highest BCUT2D eigenvalue weighted by Crippen LogP contribution is 2.19. The maximum absolute atomic E-state index is 13.2. The minimum atomic E-state index is -0.407. The van der Waals surface area contributed by atoms with Crippen LogP contribution in [0.15, 0.2) is 18.2 Å². The van der Waals surface area contributed by atoms with Gasteiger partial charge in [-0.3, -0.25) is 0 Å². The molecule has 0 saturated heterocycles. The minimum absolute atomic E-state index is 0.0438. The molecule has 0 nitrogen and oxygen atoms in total. The highest BCUT2D eigenvalue weighted by molar-refractivity contribution is 6.20. The van der Waals surface area contributed by atoms with Crippen LogP contribution < -0.4 is 0 Å². The largest absolute Gasteiger partial charge is 0.207 e. The first-order chi connectivity index (χ1) is 6.50. The average molecular weight is 219 g/mol. The standard InChI is InChI=1S/C11H13ClF2/c1-7(8(2)12)5-9-6-10(13)3-4-11(9)14/h3-4,6-8H,5H2,1-2H3. The van der Waals surface area contributed by atoms with E-state index in [2.05, 4.69) is 0 Å². The Morgan fingerprint density at radius 3 is 2.50 bits per heavy atom. The van der Waals surface area contributed by atoms with E-state index in [-0.39, 0.29) is 17.1 Å². The van der Waals surface area contributed by atoms with E-state index in [0.717, 1.165) is 12.1 Å². The van der Waals surface area contributed by atoms with E-state index in [0.29, 0.717) is 12.0 Å². The first-order valence-corrected chi connectivity index (χ1v) is 5.02. The molecule has 0 spiro atoms.